The molecule has 150 valence electrons. The summed E-state index contributed by atoms with van der Waals surface area (Å²) in [7, 11) is 0. The van der Waals surface area contributed by atoms with Gasteiger partial charge in [0.15, 0.2) is 5.79 Å². The second kappa shape index (κ2) is 7.35. The van der Waals surface area contributed by atoms with E-state index in [1.54, 1.807) is 13.8 Å². The minimum atomic E-state index is -1.77. The zero-order valence-corrected chi connectivity index (χ0v) is 15.9. The lowest BCUT2D eigenvalue weighted by Gasteiger charge is -2.41. The molecule has 0 unspecified atom stereocenters. The molecule has 2 aromatic carbocycles. The Balaban J connectivity index is 1.36. The van der Waals surface area contributed by atoms with Gasteiger partial charge in [0.2, 0.25) is 5.79 Å². The number of para-hydroxylation sites is 1. The van der Waals surface area contributed by atoms with Crippen molar-refractivity contribution in [2.75, 3.05) is 18.5 Å². The maximum Gasteiger partial charge on any atom is 0.212 e. The number of nitrogens with one attached hydrogen (secondary N) is 1. The lowest BCUT2D eigenvalue weighted by atomic mass is 9.97. The summed E-state index contributed by atoms with van der Waals surface area (Å²) in [5.41, 5.74) is 0.760. The van der Waals surface area contributed by atoms with E-state index in [4.69, 9.17) is 18.9 Å². The first-order valence-corrected chi connectivity index (χ1v) is 9.32. The number of aliphatic hydroxyl groups is 2. The molecule has 0 aliphatic carbocycles. The van der Waals surface area contributed by atoms with Crippen LogP contribution in [-0.2, 0) is 14.2 Å². The van der Waals surface area contributed by atoms with Crippen LogP contribution in [0.4, 0.5) is 5.69 Å². The van der Waals surface area contributed by atoms with E-state index < -0.39 is 29.9 Å². The van der Waals surface area contributed by atoms with Crippen LogP contribution in [0.25, 0.3) is 0 Å². The maximum absolute atomic E-state index is 10.8. The molecular weight excluding hydrogens is 362 g/mol. The number of rotatable bonds is 5. The number of hydrogen-bond acceptors (Lipinski definition) is 7. The van der Waals surface area contributed by atoms with Crippen molar-refractivity contribution in [3.63, 3.8) is 0 Å². The predicted molar refractivity (Wildman–Crippen MR) is 102 cm³/mol. The molecule has 2 aromatic rings. The Morgan fingerprint density at radius 2 is 1.71 bits per heavy atom. The van der Waals surface area contributed by atoms with Crippen LogP contribution in [0.2, 0.25) is 0 Å². The second-order valence-electron chi connectivity index (χ2n) is 7.53. The zero-order valence-electron chi connectivity index (χ0n) is 15.9. The maximum atomic E-state index is 10.8. The summed E-state index contributed by atoms with van der Waals surface area (Å²) in [6, 6.07) is 16.8. The van der Waals surface area contributed by atoms with Gasteiger partial charge in [0.1, 0.15) is 29.8 Å². The smallest absolute Gasteiger partial charge is 0.212 e. The molecule has 0 amide bonds. The highest BCUT2D eigenvalue weighted by atomic mass is 16.8. The molecule has 0 radical (unpaired) electrons. The molecule has 2 fully saturated rings. The second-order valence-corrected chi connectivity index (χ2v) is 7.53. The molecule has 0 spiro atoms. The van der Waals surface area contributed by atoms with Crippen molar-refractivity contribution in [3.05, 3.63) is 54.6 Å². The van der Waals surface area contributed by atoms with Gasteiger partial charge in [0.25, 0.3) is 0 Å². The normalized spacial score (nSPS) is 31.2. The third kappa shape index (κ3) is 3.99. The highest BCUT2D eigenvalue weighted by Gasteiger charge is 2.56. The highest BCUT2D eigenvalue weighted by molar-refractivity contribution is 5.47. The number of fused-ring (bicyclic) bond motifs is 1. The van der Waals surface area contributed by atoms with E-state index in [0.717, 1.165) is 11.4 Å². The third-order valence-electron chi connectivity index (χ3n) is 4.87. The van der Waals surface area contributed by atoms with E-state index in [2.05, 4.69) is 5.32 Å². The van der Waals surface area contributed by atoms with Crippen molar-refractivity contribution < 1.29 is 29.2 Å². The summed E-state index contributed by atoms with van der Waals surface area (Å²) < 4.78 is 22.7. The van der Waals surface area contributed by atoms with Gasteiger partial charge in [-0.2, -0.15) is 0 Å². The SMILES string of the molecule is CC1(C)O[C@@H]2[C@@H](CO[C@](O)(CNc3ccc(Oc4ccccc4)cc3)[C@H]2O)O1. The van der Waals surface area contributed by atoms with Crippen molar-refractivity contribution in [2.24, 2.45) is 0 Å². The van der Waals surface area contributed by atoms with Crippen molar-refractivity contribution >= 4 is 5.69 Å². The Kier molecular flexibility index (Phi) is 5.03. The number of aliphatic hydroxyl groups excluding tert-OH is 1. The van der Waals surface area contributed by atoms with Crippen LogP contribution < -0.4 is 10.1 Å². The minimum absolute atomic E-state index is 0.0000638. The molecule has 28 heavy (non-hydrogen) atoms. The van der Waals surface area contributed by atoms with Crippen LogP contribution in [0, 0.1) is 0 Å². The van der Waals surface area contributed by atoms with Crippen LogP contribution in [0.5, 0.6) is 11.5 Å². The van der Waals surface area contributed by atoms with Crippen LogP contribution in [0.1, 0.15) is 13.8 Å². The fourth-order valence-electron chi connectivity index (χ4n) is 3.48. The average Bonchev–Trinajstić information content (AvgIpc) is 3.00. The Morgan fingerprint density at radius 3 is 2.43 bits per heavy atom. The van der Waals surface area contributed by atoms with Gasteiger partial charge in [-0.1, -0.05) is 18.2 Å². The Morgan fingerprint density at radius 1 is 1.04 bits per heavy atom. The lowest BCUT2D eigenvalue weighted by molar-refractivity contribution is -0.298. The molecule has 4 atom stereocenters. The Labute approximate surface area is 163 Å². The zero-order chi connectivity index (χ0) is 19.8. The van der Waals surface area contributed by atoms with Gasteiger partial charge in [0.05, 0.1) is 13.2 Å². The average molecular weight is 387 g/mol. The first kappa shape index (κ1) is 19.2. The van der Waals surface area contributed by atoms with Gasteiger partial charge >= 0.3 is 0 Å². The highest BCUT2D eigenvalue weighted by Crippen LogP contribution is 2.37. The van der Waals surface area contributed by atoms with Crippen molar-refractivity contribution in [3.8, 4) is 11.5 Å². The van der Waals surface area contributed by atoms with Gasteiger partial charge in [-0.05, 0) is 50.2 Å². The van der Waals surface area contributed by atoms with E-state index in [1.807, 2.05) is 54.6 Å². The molecule has 7 heteroatoms. The fraction of sp³-hybridized carbons (Fsp3) is 0.429. The molecule has 3 N–H and O–H groups in total. The molecule has 2 aliphatic rings. The number of anilines is 1. The first-order valence-electron chi connectivity index (χ1n) is 9.32. The molecule has 2 saturated heterocycles. The van der Waals surface area contributed by atoms with Crippen molar-refractivity contribution in [1.29, 1.82) is 0 Å². The molecule has 0 aromatic heterocycles. The van der Waals surface area contributed by atoms with Crippen molar-refractivity contribution in [1.82, 2.24) is 0 Å². The topological polar surface area (TPSA) is 89.4 Å². The van der Waals surface area contributed by atoms with Gasteiger partial charge in [-0.3, -0.25) is 0 Å². The molecule has 0 bridgehead atoms. The Bertz CT molecular complexity index is 796. The fourth-order valence-corrected chi connectivity index (χ4v) is 3.48. The van der Waals surface area contributed by atoms with E-state index in [9.17, 15) is 10.2 Å². The standard InChI is InChI=1S/C21H25NO6/c1-20(2)27-17-12-25-21(24,19(23)18(17)28-20)13-22-14-8-10-16(11-9-14)26-15-6-4-3-5-7-15/h3-11,17-19,22-24H,12-13H2,1-2H3/t17-,18-,19+,21-/m1/s1. The largest absolute Gasteiger partial charge is 0.457 e. The molecular formula is C21H25NO6. The lowest BCUT2D eigenvalue weighted by Crippen LogP contribution is -2.62. The van der Waals surface area contributed by atoms with E-state index in [0.29, 0.717) is 5.75 Å². The van der Waals surface area contributed by atoms with Crippen LogP contribution in [0.3, 0.4) is 0 Å². The molecule has 0 saturated carbocycles. The summed E-state index contributed by atoms with van der Waals surface area (Å²) in [6.45, 7) is 3.69. The van der Waals surface area contributed by atoms with E-state index >= 15 is 0 Å². The van der Waals surface area contributed by atoms with Gasteiger partial charge in [-0.15, -0.1) is 0 Å². The number of ether oxygens (including phenoxy) is 4. The summed E-state index contributed by atoms with van der Waals surface area (Å²) >= 11 is 0. The summed E-state index contributed by atoms with van der Waals surface area (Å²) in [5.74, 6) is -1.13. The Hall–Kier alpha value is -2.16. The monoisotopic (exact) mass is 387 g/mol. The van der Waals surface area contributed by atoms with Crippen LogP contribution in [0.15, 0.2) is 54.6 Å². The van der Waals surface area contributed by atoms with Crippen molar-refractivity contribution in [2.45, 2.75) is 43.7 Å². The van der Waals surface area contributed by atoms with E-state index in [1.165, 1.54) is 0 Å². The van der Waals surface area contributed by atoms with Crippen LogP contribution >= 0.6 is 0 Å². The van der Waals surface area contributed by atoms with Gasteiger partial charge in [-0.25, -0.2) is 0 Å². The number of hydrogen-bond donors (Lipinski definition) is 3. The van der Waals surface area contributed by atoms with Crippen LogP contribution in [-0.4, -0.2) is 53.3 Å². The number of benzene rings is 2. The molecule has 7 nitrogen and oxygen atoms in total. The van der Waals surface area contributed by atoms with Gasteiger partial charge < -0.3 is 34.5 Å². The van der Waals surface area contributed by atoms with Gasteiger partial charge in [0, 0.05) is 5.69 Å². The predicted octanol–water partition coefficient (Wildman–Crippen LogP) is 2.49. The first-order chi connectivity index (χ1) is 13.3. The summed E-state index contributed by atoms with van der Waals surface area (Å²) in [6.07, 6.45) is -2.28. The molecule has 2 aliphatic heterocycles. The molecule has 4 rings (SSSR count). The third-order valence-corrected chi connectivity index (χ3v) is 4.87. The quantitative estimate of drug-likeness (QED) is 0.726. The van der Waals surface area contributed by atoms with E-state index in [-0.39, 0.29) is 13.2 Å². The summed E-state index contributed by atoms with van der Waals surface area (Å²) in [5, 5.41) is 24.4. The molecule has 2 heterocycles. The minimum Gasteiger partial charge on any atom is -0.457 e. The summed E-state index contributed by atoms with van der Waals surface area (Å²) in [4.78, 5) is 0.